The van der Waals surface area contributed by atoms with E-state index in [1.165, 1.54) is 5.56 Å². The van der Waals surface area contributed by atoms with Gasteiger partial charge in [0.1, 0.15) is 0 Å². The highest BCUT2D eigenvalue weighted by Crippen LogP contribution is 2.37. The second kappa shape index (κ2) is 5.27. The summed E-state index contributed by atoms with van der Waals surface area (Å²) in [5.41, 5.74) is 6.91. The van der Waals surface area contributed by atoms with Gasteiger partial charge < -0.3 is 15.0 Å². The number of hydrogen-bond donors (Lipinski definition) is 1. The molecule has 0 spiro atoms. The van der Waals surface area contributed by atoms with E-state index >= 15 is 0 Å². The average Bonchev–Trinajstić information content (AvgIpc) is 2.57. The smallest absolute Gasteiger partial charge is 0.402 e. The Bertz CT molecular complexity index is 403. The van der Waals surface area contributed by atoms with Crippen LogP contribution in [0.3, 0.4) is 0 Å². The quantitative estimate of drug-likeness (QED) is 0.847. The molecular formula is C15H24BNO2. The third-order valence-electron chi connectivity index (χ3n) is 4.23. The zero-order valence-electron chi connectivity index (χ0n) is 12.3. The maximum absolute atomic E-state index is 6.22. The Morgan fingerprint density at radius 2 is 1.58 bits per heavy atom. The van der Waals surface area contributed by atoms with E-state index < -0.39 is 0 Å². The van der Waals surface area contributed by atoms with Crippen LogP contribution >= 0.6 is 0 Å². The zero-order chi connectivity index (χ0) is 14.1. The Morgan fingerprint density at radius 3 is 2.11 bits per heavy atom. The summed E-state index contributed by atoms with van der Waals surface area (Å²) >= 11 is 0. The maximum Gasteiger partial charge on any atom is 0.475 e. The van der Waals surface area contributed by atoms with Crippen molar-refractivity contribution in [2.24, 2.45) is 5.73 Å². The molecule has 1 aromatic carbocycles. The van der Waals surface area contributed by atoms with Crippen molar-refractivity contribution >= 4 is 7.12 Å². The van der Waals surface area contributed by atoms with Crippen molar-refractivity contribution in [3.8, 4) is 0 Å². The molecular weight excluding hydrogens is 237 g/mol. The summed E-state index contributed by atoms with van der Waals surface area (Å²) in [7, 11) is -0.311. The van der Waals surface area contributed by atoms with E-state index in [1.54, 1.807) is 0 Å². The Labute approximate surface area is 116 Å². The van der Waals surface area contributed by atoms with Crippen molar-refractivity contribution in [1.29, 1.82) is 0 Å². The Morgan fingerprint density at radius 1 is 1.05 bits per heavy atom. The molecule has 3 nitrogen and oxygen atoms in total. The summed E-state index contributed by atoms with van der Waals surface area (Å²) in [6.07, 6.45) is 1.81. The molecule has 1 unspecified atom stereocenters. The van der Waals surface area contributed by atoms with E-state index in [1.807, 2.05) is 6.07 Å². The maximum atomic E-state index is 6.22. The zero-order valence-corrected chi connectivity index (χ0v) is 12.3. The fraction of sp³-hybridized carbons (Fsp3) is 0.600. The van der Waals surface area contributed by atoms with Gasteiger partial charge in [0.15, 0.2) is 0 Å². The fourth-order valence-corrected chi connectivity index (χ4v) is 2.18. The number of nitrogens with two attached hydrogens (primary N) is 1. The van der Waals surface area contributed by atoms with Crippen molar-refractivity contribution in [3.63, 3.8) is 0 Å². The summed E-state index contributed by atoms with van der Waals surface area (Å²) < 4.78 is 11.9. The molecule has 104 valence electrons. The van der Waals surface area contributed by atoms with Gasteiger partial charge in [0.05, 0.1) is 11.2 Å². The molecule has 0 aromatic heterocycles. The number of rotatable bonds is 4. The first-order valence-corrected chi connectivity index (χ1v) is 6.97. The molecule has 0 aliphatic carbocycles. The van der Waals surface area contributed by atoms with Crippen LogP contribution < -0.4 is 5.73 Å². The van der Waals surface area contributed by atoms with Crippen molar-refractivity contribution in [3.05, 3.63) is 35.9 Å². The van der Waals surface area contributed by atoms with Crippen molar-refractivity contribution in [2.45, 2.75) is 57.7 Å². The van der Waals surface area contributed by atoms with Gasteiger partial charge in [-0.2, -0.15) is 0 Å². The van der Waals surface area contributed by atoms with E-state index in [-0.39, 0.29) is 24.3 Å². The summed E-state index contributed by atoms with van der Waals surface area (Å²) in [4.78, 5) is 0. The lowest BCUT2D eigenvalue weighted by Crippen LogP contribution is -2.41. The lowest BCUT2D eigenvalue weighted by atomic mass is 9.76. The van der Waals surface area contributed by atoms with Gasteiger partial charge >= 0.3 is 7.12 Å². The van der Waals surface area contributed by atoms with E-state index in [0.717, 1.165) is 12.8 Å². The molecule has 2 rings (SSSR count). The Kier molecular flexibility index (Phi) is 4.04. The SMILES string of the molecule is CC1(C)OB(C(N)CCc2ccccc2)OC1(C)C. The van der Waals surface area contributed by atoms with Gasteiger partial charge in [-0.3, -0.25) is 0 Å². The van der Waals surface area contributed by atoms with Gasteiger partial charge in [0.2, 0.25) is 0 Å². The van der Waals surface area contributed by atoms with E-state index in [9.17, 15) is 0 Å². The lowest BCUT2D eigenvalue weighted by molar-refractivity contribution is 0.00578. The fourth-order valence-electron chi connectivity index (χ4n) is 2.18. The minimum absolute atomic E-state index is 0.0961. The number of benzene rings is 1. The average molecular weight is 261 g/mol. The molecule has 19 heavy (non-hydrogen) atoms. The van der Waals surface area contributed by atoms with Crippen LogP contribution in [0.4, 0.5) is 0 Å². The molecule has 1 aliphatic rings. The van der Waals surface area contributed by atoms with Gasteiger partial charge in [0, 0.05) is 5.94 Å². The van der Waals surface area contributed by atoms with Gasteiger partial charge in [-0.1, -0.05) is 30.3 Å². The van der Waals surface area contributed by atoms with Gasteiger partial charge in [-0.15, -0.1) is 0 Å². The summed E-state index contributed by atoms with van der Waals surface area (Å²) in [6, 6.07) is 10.4. The van der Waals surface area contributed by atoms with Crippen LogP contribution in [0.1, 0.15) is 39.7 Å². The summed E-state index contributed by atoms with van der Waals surface area (Å²) in [5, 5.41) is 0. The molecule has 0 saturated carbocycles. The van der Waals surface area contributed by atoms with Crippen LogP contribution in [0.15, 0.2) is 30.3 Å². The van der Waals surface area contributed by atoms with Crippen LogP contribution in [0, 0.1) is 0 Å². The first-order chi connectivity index (χ1) is 8.82. The van der Waals surface area contributed by atoms with Crippen LogP contribution in [0.25, 0.3) is 0 Å². The minimum Gasteiger partial charge on any atom is -0.402 e. The lowest BCUT2D eigenvalue weighted by Gasteiger charge is -2.32. The monoisotopic (exact) mass is 261 g/mol. The predicted octanol–water partition coefficient (Wildman–Crippen LogP) is 2.58. The van der Waals surface area contributed by atoms with Gasteiger partial charge in [-0.25, -0.2) is 0 Å². The number of hydrogen-bond acceptors (Lipinski definition) is 3. The Hall–Kier alpha value is -0.835. The molecule has 1 aromatic rings. The first-order valence-electron chi connectivity index (χ1n) is 6.97. The van der Waals surface area contributed by atoms with Crippen molar-refractivity contribution < 1.29 is 9.31 Å². The standard InChI is InChI=1S/C15H24BNO2/c1-14(2)15(3,4)19-16(18-14)13(17)11-10-12-8-6-5-7-9-12/h5-9,13H,10-11,17H2,1-4H3. The molecule has 0 amide bonds. The van der Waals surface area contributed by atoms with E-state index in [2.05, 4.69) is 52.0 Å². The number of aryl methyl sites for hydroxylation is 1. The largest absolute Gasteiger partial charge is 0.475 e. The molecule has 1 aliphatic heterocycles. The second-order valence-electron chi connectivity index (χ2n) is 6.31. The second-order valence-corrected chi connectivity index (χ2v) is 6.31. The van der Waals surface area contributed by atoms with Gasteiger partial charge in [0.25, 0.3) is 0 Å². The predicted molar refractivity (Wildman–Crippen MR) is 78.8 cm³/mol. The molecule has 1 heterocycles. The normalized spacial score (nSPS) is 22.5. The van der Waals surface area contributed by atoms with Crippen LogP contribution in [-0.4, -0.2) is 24.3 Å². The van der Waals surface area contributed by atoms with E-state index in [0.29, 0.717) is 0 Å². The first kappa shape index (κ1) is 14.6. The highest BCUT2D eigenvalue weighted by Gasteiger charge is 2.52. The van der Waals surface area contributed by atoms with Crippen molar-refractivity contribution in [2.75, 3.05) is 0 Å². The van der Waals surface area contributed by atoms with E-state index in [4.69, 9.17) is 15.0 Å². The third-order valence-corrected chi connectivity index (χ3v) is 4.23. The van der Waals surface area contributed by atoms with Crippen LogP contribution in [0.5, 0.6) is 0 Å². The van der Waals surface area contributed by atoms with Crippen LogP contribution in [-0.2, 0) is 15.7 Å². The molecule has 0 bridgehead atoms. The van der Waals surface area contributed by atoms with Crippen LogP contribution in [0.2, 0.25) is 0 Å². The minimum atomic E-state index is -0.311. The molecule has 4 heteroatoms. The van der Waals surface area contributed by atoms with Crippen molar-refractivity contribution in [1.82, 2.24) is 0 Å². The third kappa shape index (κ3) is 3.19. The highest BCUT2D eigenvalue weighted by molar-refractivity contribution is 6.47. The highest BCUT2D eigenvalue weighted by atomic mass is 16.7. The Balaban J connectivity index is 1.90. The summed E-state index contributed by atoms with van der Waals surface area (Å²) in [6.45, 7) is 8.21. The van der Waals surface area contributed by atoms with Gasteiger partial charge in [-0.05, 0) is 46.1 Å². The molecule has 0 radical (unpaired) electrons. The topological polar surface area (TPSA) is 44.5 Å². The molecule has 1 atom stereocenters. The summed E-state index contributed by atoms with van der Waals surface area (Å²) in [5.74, 6) is -0.0961. The molecule has 1 saturated heterocycles. The molecule has 2 N–H and O–H groups in total. The molecule has 1 fully saturated rings.